The highest BCUT2D eigenvalue weighted by atomic mass is 32.2. The first-order valence-corrected chi connectivity index (χ1v) is 11.8. The molecule has 2 amide bonds. The number of allylic oxidation sites excluding steroid dienone is 1. The molecule has 4 N–H and O–H groups in total. The van der Waals surface area contributed by atoms with E-state index in [1.54, 1.807) is 20.8 Å². The number of hydrogen-bond donors (Lipinski definition) is 3. The number of nitrogens with one attached hydrogen (secondary N) is 1. The third-order valence-electron chi connectivity index (χ3n) is 4.54. The zero-order valence-electron chi connectivity index (χ0n) is 18.6. The Labute approximate surface area is 202 Å². The molecule has 12 nitrogen and oxygen atoms in total. The monoisotopic (exact) mass is 509 g/mol. The maximum absolute atomic E-state index is 12.9. The number of carbonyl (C=O) groups is 4. The zero-order valence-corrected chi connectivity index (χ0v) is 20.2. The van der Waals surface area contributed by atoms with Crippen LogP contribution in [0.1, 0.15) is 26.5 Å². The van der Waals surface area contributed by atoms with Crippen molar-refractivity contribution in [3.8, 4) is 0 Å². The molecular formula is C20H23N5O7S2. The van der Waals surface area contributed by atoms with Crippen molar-refractivity contribution in [1.82, 2.24) is 15.2 Å². The molecule has 2 aliphatic rings. The predicted octanol–water partition coefficient (Wildman–Crippen LogP) is 0.629. The Morgan fingerprint density at radius 3 is 2.71 bits per heavy atom. The third kappa shape index (κ3) is 5.22. The summed E-state index contributed by atoms with van der Waals surface area (Å²) in [5.41, 5.74) is 4.85. The minimum atomic E-state index is -0.995. The normalized spacial score (nSPS) is 20.3. The molecule has 1 fully saturated rings. The molecule has 14 heteroatoms. The van der Waals surface area contributed by atoms with Gasteiger partial charge < -0.3 is 25.7 Å². The number of oxime groups is 1. The van der Waals surface area contributed by atoms with Gasteiger partial charge in [0.25, 0.3) is 11.8 Å². The Morgan fingerprint density at radius 2 is 2.15 bits per heavy atom. The molecule has 0 aromatic carbocycles. The van der Waals surface area contributed by atoms with Gasteiger partial charge in [-0.25, -0.2) is 14.6 Å². The first kappa shape index (κ1) is 25.2. The molecule has 1 aromatic heterocycles. The van der Waals surface area contributed by atoms with E-state index >= 15 is 0 Å². The molecule has 1 aromatic rings. The lowest BCUT2D eigenvalue weighted by Crippen LogP contribution is -2.71. The van der Waals surface area contributed by atoms with Gasteiger partial charge in [-0.3, -0.25) is 14.5 Å². The maximum Gasteiger partial charge on any atom is 0.355 e. The maximum atomic E-state index is 12.9. The summed E-state index contributed by atoms with van der Waals surface area (Å²) in [7, 11) is 0. The van der Waals surface area contributed by atoms with Gasteiger partial charge in [-0.2, -0.15) is 0 Å². The highest BCUT2D eigenvalue weighted by molar-refractivity contribution is 8.00. The van der Waals surface area contributed by atoms with E-state index < -0.39 is 53.1 Å². The van der Waals surface area contributed by atoms with Gasteiger partial charge >= 0.3 is 11.9 Å². The summed E-state index contributed by atoms with van der Waals surface area (Å²) < 4.78 is 10.2. The fraction of sp³-hybridized carbons (Fsp3) is 0.400. The van der Waals surface area contributed by atoms with Crippen LogP contribution in [0, 0.1) is 0 Å². The van der Waals surface area contributed by atoms with E-state index in [0.29, 0.717) is 11.3 Å². The second-order valence-corrected chi connectivity index (χ2v) is 10.1. The number of esters is 2. The Hall–Kier alpha value is -3.39. The van der Waals surface area contributed by atoms with E-state index in [-0.39, 0.29) is 16.5 Å². The average molecular weight is 510 g/mol. The van der Waals surface area contributed by atoms with Crippen molar-refractivity contribution < 1.29 is 33.9 Å². The van der Waals surface area contributed by atoms with E-state index in [2.05, 4.69) is 22.0 Å². The van der Waals surface area contributed by atoms with E-state index in [0.717, 1.165) is 11.3 Å². The molecule has 1 unspecified atom stereocenters. The lowest BCUT2D eigenvalue weighted by Gasteiger charge is -2.49. The second kappa shape index (κ2) is 9.85. The molecule has 3 heterocycles. The molecule has 0 spiro atoms. The SMILES string of the molecule is C=CC1=C(C(=O)OCC(=O)OC(C)(C)C)N2C(=O)C(NC(=O)/C(=N\O)c3csc(N)n3)[C@H]2SC1. The van der Waals surface area contributed by atoms with Crippen LogP contribution in [0.25, 0.3) is 0 Å². The smallest absolute Gasteiger partial charge is 0.355 e. The highest BCUT2D eigenvalue weighted by Crippen LogP contribution is 2.41. The molecule has 0 aliphatic carbocycles. The second-order valence-electron chi connectivity index (χ2n) is 8.12. The Kier molecular flexibility index (Phi) is 7.31. The molecule has 2 atom stereocenters. The molecule has 2 aliphatic heterocycles. The van der Waals surface area contributed by atoms with Crippen LogP contribution in [0.3, 0.4) is 0 Å². The first-order valence-electron chi connectivity index (χ1n) is 9.90. The number of fused-ring (bicyclic) bond motifs is 1. The number of ether oxygens (including phenoxy) is 2. The van der Waals surface area contributed by atoms with Crippen LogP contribution < -0.4 is 11.1 Å². The van der Waals surface area contributed by atoms with Crippen molar-refractivity contribution in [2.75, 3.05) is 18.1 Å². The van der Waals surface area contributed by atoms with E-state index in [1.807, 2.05) is 0 Å². The van der Waals surface area contributed by atoms with Gasteiger partial charge in [0.1, 0.15) is 28.4 Å². The number of nitrogen functional groups attached to an aromatic ring is 1. The van der Waals surface area contributed by atoms with Gasteiger partial charge in [-0.1, -0.05) is 17.8 Å². The van der Waals surface area contributed by atoms with Gasteiger partial charge in [0.05, 0.1) is 0 Å². The number of carbonyl (C=O) groups excluding carboxylic acids is 4. The minimum absolute atomic E-state index is 0.0545. The Balaban J connectivity index is 1.70. The van der Waals surface area contributed by atoms with Crippen molar-refractivity contribution >= 4 is 57.7 Å². The van der Waals surface area contributed by atoms with E-state index in [9.17, 15) is 24.4 Å². The van der Waals surface area contributed by atoms with Gasteiger partial charge in [0.2, 0.25) is 0 Å². The average Bonchev–Trinajstić information content (AvgIpc) is 3.19. The number of amides is 2. The number of β-lactam (4-membered cyclic amide) rings is 1. The van der Waals surface area contributed by atoms with Crippen molar-refractivity contribution in [1.29, 1.82) is 0 Å². The predicted molar refractivity (Wildman–Crippen MR) is 124 cm³/mol. The molecule has 0 saturated carbocycles. The number of aromatic nitrogens is 1. The van der Waals surface area contributed by atoms with Crippen LogP contribution in [-0.4, -0.2) is 73.9 Å². The largest absolute Gasteiger partial charge is 0.457 e. The summed E-state index contributed by atoms with van der Waals surface area (Å²) in [4.78, 5) is 55.2. The summed E-state index contributed by atoms with van der Waals surface area (Å²) in [5.74, 6) is -2.73. The van der Waals surface area contributed by atoms with Crippen molar-refractivity contribution in [2.24, 2.45) is 5.16 Å². The van der Waals surface area contributed by atoms with E-state index in [1.165, 1.54) is 28.1 Å². The van der Waals surface area contributed by atoms with Crippen LogP contribution in [0.5, 0.6) is 0 Å². The van der Waals surface area contributed by atoms with Gasteiger partial charge in [0.15, 0.2) is 17.5 Å². The Bertz CT molecular complexity index is 1110. The van der Waals surface area contributed by atoms with Gasteiger partial charge in [-0.05, 0) is 26.3 Å². The van der Waals surface area contributed by atoms with Crippen LogP contribution in [0.15, 0.2) is 34.5 Å². The summed E-state index contributed by atoms with van der Waals surface area (Å²) in [6.07, 6.45) is 1.43. The molecule has 182 valence electrons. The van der Waals surface area contributed by atoms with Crippen LogP contribution in [0.2, 0.25) is 0 Å². The summed E-state index contributed by atoms with van der Waals surface area (Å²) in [5, 5.41) is 15.7. The lowest BCUT2D eigenvalue weighted by molar-refractivity contribution is -0.166. The number of thioether (sulfide) groups is 1. The standard InChI is InChI=1S/C20H23N5O7S2/c1-5-9-7-33-17-13(23-15(27)12(24-30)10-8-34-19(21)22-10)16(28)25(17)14(9)18(29)31-6-11(26)32-20(2,3)4/h5,8,13,17,30H,1,6-7H2,2-4H3,(H2,21,22)(H,23,27)/b24-12-/t13?,17-/m1/s1. The molecule has 1 saturated heterocycles. The number of hydrogen-bond acceptors (Lipinski definition) is 12. The van der Waals surface area contributed by atoms with Crippen molar-refractivity contribution in [3.05, 3.63) is 35.0 Å². The molecule has 0 bridgehead atoms. The minimum Gasteiger partial charge on any atom is -0.457 e. The molecule has 34 heavy (non-hydrogen) atoms. The molecule has 0 radical (unpaired) electrons. The van der Waals surface area contributed by atoms with E-state index in [4.69, 9.17) is 15.2 Å². The van der Waals surface area contributed by atoms with Gasteiger partial charge in [0, 0.05) is 11.1 Å². The van der Waals surface area contributed by atoms with Crippen molar-refractivity contribution in [2.45, 2.75) is 37.8 Å². The van der Waals surface area contributed by atoms with Crippen LogP contribution in [0.4, 0.5) is 5.13 Å². The van der Waals surface area contributed by atoms with Crippen molar-refractivity contribution in [3.63, 3.8) is 0 Å². The number of anilines is 1. The number of nitrogens with zero attached hydrogens (tertiary/aromatic N) is 3. The van der Waals surface area contributed by atoms with Crippen LogP contribution in [-0.2, 0) is 28.7 Å². The fourth-order valence-electron chi connectivity index (χ4n) is 3.17. The number of thiazole rings is 1. The zero-order chi connectivity index (χ0) is 25.2. The topological polar surface area (TPSA) is 174 Å². The fourth-order valence-corrected chi connectivity index (χ4v) is 5.06. The summed E-state index contributed by atoms with van der Waals surface area (Å²) in [6, 6.07) is -0.995. The Morgan fingerprint density at radius 1 is 1.44 bits per heavy atom. The molecule has 3 rings (SSSR count). The number of rotatable bonds is 7. The summed E-state index contributed by atoms with van der Waals surface area (Å²) in [6.45, 7) is 8.07. The lowest BCUT2D eigenvalue weighted by atomic mass is 10.0. The number of nitrogens with two attached hydrogens (primary N) is 1. The first-order chi connectivity index (χ1) is 16.0. The van der Waals surface area contributed by atoms with Crippen LogP contribution >= 0.6 is 23.1 Å². The quantitative estimate of drug-likeness (QED) is 0.155. The third-order valence-corrected chi connectivity index (χ3v) is 6.52. The molecular weight excluding hydrogens is 486 g/mol. The summed E-state index contributed by atoms with van der Waals surface area (Å²) >= 11 is 2.35. The van der Waals surface area contributed by atoms with Gasteiger partial charge in [-0.15, -0.1) is 23.1 Å². The highest BCUT2D eigenvalue weighted by Gasteiger charge is 2.54.